The largest absolute Gasteiger partial charge is 0.391 e. The van der Waals surface area contributed by atoms with Crippen molar-refractivity contribution in [1.29, 1.82) is 0 Å². The highest BCUT2D eigenvalue weighted by Gasteiger charge is 2.11. The first-order valence-electron chi connectivity index (χ1n) is 6.30. The average Bonchev–Trinajstić information content (AvgIpc) is 2.36. The first kappa shape index (κ1) is 15.9. The molecule has 3 N–H and O–H groups in total. The molecular formula is C13H22N2O3S. The average molecular weight is 286 g/mol. The third-order valence-electron chi connectivity index (χ3n) is 2.72. The minimum absolute atomic E-state index is 0.225. The Labute approximate surface area is 115 Å². The summed E-state index contributed by atoms with van der Waals surface area (Å²) in [6, 6.07) is 6.44. The fourth-order valence-corrected chi connectivity index (χ4v) is 2.46. The summed E-state index contributed by atoms with van der Waals surface area (Å²) in [5.74, 6) is 0.444. The van der Waals surface area contributed by atoms with Gasteiger partial charge < -0.3 is 10.4 Å². The van der Waals surface area contributed by atoms with Crippen LogP contribution in [0.2, 0.25) is 0 Å². The van der Waals surface area contributed by atoms with Gasteiger partial charge in [-0.1, -0.05) is 13.8 Å². The van der Waals surface area contributed by atoms with Gasteiger partial charge in [0.05, 0.1) is 11.0 Å². The van der Waals surface area contributed by atoms with Crippen molar-refractivity contribution in [3.8, 4) is 0 Å². The minimum atomic E-state index is -3.39. The molecule has 0 spiro atoms. The van der Waals surface area contributed by atoms with Crippen molar-refractivity contribution < 1.29 is 13.5 Å². The molecule has 0 aliphatic heterocycles. The van der Waals surface area contributed by atoms with Gasteiger partial charge in [0.2, 0.25) is 10.0 Å². The maximum atomic E-state index is 11.5. The van der Waals surface area contributed by atoms with E-state index in [-0.39, 0.29) is 4.90 Å². The van der Waals surface area contributed by atoms with Gasteiger partial charge in [0.1, 0.15) is 0 Å². The molecular weight excluding hydrogens is 264 g/mol. The van der Waals surface area contributed by atoms with Crippen LogP contribution in [0, 0.1) is 5.92 Å². The zero-order chi connectivity index (χ0) is 14.5. The number of hydrogen-bond donors (Lipinski definition) is 3. The highest BCUT2D eigenvalue weighted by molar-refractivity contribution is 7.89. The Hall–Kier alpha value is -1.11. The summed E-state index contributed by atoms with van der Waals surface area (Å²) < 4.78 is 25.3. The van der Waals surface area contributed by atoms with E-state index in [0.717, 1.165) is 12.1 Å². The van der Waals surface area contributed by atoms with Gasteiger partial charge in [0, 0.05) is 12.2 Å². The van der Waals surface area contributed by atoms with Crippen molar-refractivity contribution in [3.05, 3.63) is 24.3 Å². The number of aliphatic hydroxyl groups excluding tert-OH is 1. The second-order valence-electron chi connectivity index (χ2n) is 4.90. The Balaban J connectivity index is 2.58. The van der Waals surface area contributed by atoms with Crippen molar-refractivity contribution in [2.75, 3.05) is 18.9 Å². The van der Waals surface area contributed by atoms with Crippen LogP contribution in [0.3, 0.4) is 0 Å². The molecule has 0 amide bonds. The number of hydrogen-bond acceptors (Lipinski definition) is 4. The lowest BCUT2D eigenvalue weighted by Crippen LogP contribution is -2.21. The molecule has 1 rings (SSSR count). The summed E-state index contributed by atoms with van der Waals surface area (Å²) in [6.45, 7) is 4.57. The fourth-order valence-electron chi connectivity index (χ4n) is 1.73. The lowest BCUT2D eigenvalue weighted by Gasteiger charge is -2.14. The van der Waals surface area contributed by atoms with Crippen LogP contribution in [0.25, 0.3) is 0 Å². The molecule has 0 bridgehead atoms. The van der Waals surface area contributed by atoms with Gasteiger partial charge in [-0.15, -0.1) is 0 Å². The lowest BCUT2D eigenvalue weighted by atomic mass is 10.1. The predicted octanol–water partition coefficient (Wildman–Crippen LogP) is 1.41. The maximum Gasteiger partial charge on any atom is 0.240 e. The van der Waals surface area contributed by atoms with Gasteiger partial charge in [-0.05, 0) is 43.7 Å². The molecule has 1 atom stereocenters. The molecule has 0 heterocycles. The summed E-state index contributed by atoms with van der Waals surface area (Å²) >= 11 is 0. The summed E-state index contributed by atoms with van der Waals surface area (Å²) in [4.78, 5) is 0.225. The van der Waals surface area contributed by atoms with E-state index in [0.29, 0.717) is 12.5 Å². The van der Waals surface area contributed by atoms with Crippen molar-refractivity contribution in [2.45, 2.75) is 31.3 Å². The third-order valence-corrected chi connectivity index (χ3v) is 4.15. The van der Waals surface area contributed by atoms with E-state index in [2.05, 4.69) is 23.9 Å². The molecule has 0 aromatic heterocycles. The van der Waals surface area contributed by atoms with E-state index < -0.39 is 16.1 Å². The predicted molar refractivity (Wildman–Crippen MR) is 76.6 cm³/mol. The molecule has 19 heavy (non-hydrogen) atoms. The van der Waals surface area contributed by atoms with E-state index >= 15 is 0 Å². The van der Waals surface area contributed by atoms with Crippen LogP contribution >= 0.6 is 0 Å². The number of anilines is 1. The topological polar surface area (TPSA) is 78.4 Å². The summed E-state index contributed by atoms with van der Waals surface area (Å²) in [5, 5.41) is 12.8. The Morgan fingerprint density at radius 3 is 2.26 bits per heavy atom. The Morgan fingerprint density at radius 2 is 1.79 bits per heavy atom. The third kappa shape index (κ3) is 5.18. The molecule has 0 radical (unpaired) electrons. The smallest absolute Gasteiger partial charge is 0.240 e. The van der Waals surface area contributed by atoms with Crippen molar-refractivity contribution in [2.24, 2.45) is 5.92 Å². The first-order chi connectivity index (χ1) is 8.85. The summed E-state index contributed by atoms with van der Waals surface area (Å²) in [7, 11) is -2.01. The van der Waals surface area contributed by atoms with Gasteiger partial charge in [-0.2, -0.15) is 0 Å². The first-order valence-corrected chi connectivity index (χ1v) is 7.79. The van der Waals surface area contributed by atoms with E-state index in [9.17, 15) is 13.5 Å². The fraction of sp³-hybridized carbons (Fsp3) is 0.538. The van der Waals surface area contributed by atoms with Crippen LogP contribution < -0.4 is 10.0 Å². The summed E-state index contributed by atoms with van der Waals surface area (Å²) in [6.07, 6.45) is 0.333. The zero-order valence-electron chi connectivity index (χ0n) is 11.6. The van der Waals surface area contributed by atoms with Gasteiger partial charge in [-0.25, -0.2) is 13.1 Å². The van der Waals surface area contributed by atoms with Crippen molar-refractivity contribution in [1.82, 2.24) is 4.72 Å². The van der Waals surface area contributed by atoms with Crippen LogP contribution in [-0.4, -0.2) is 33.2 Å². The molecule has 0 saturated heterocycles. The molecule has 1 aromatic carbocycles. The molecule has 0 aliphatic carbocycles. The van der Waals surface area contributed by atoms with Crippen LogP contribution in [0.5, 0.6) is 0 Å². The molecule has 1 unspecified atom stereocenters. The molecule has 0 aliphatic rings. The van der Waals surface area contributed by atoms with E-state index in [1.54, 1.807) is 12.1 Å². The molecule has 0 saturated carbocycles. The van der Waals surface area contributed by atoms with Crippen LogP contribution in [-0.2, 0) is 10.0 Å². The Kier molecular flexibility index (Phi) is 5.78. The molecule has 0 fully saturated rings. The second-order valence-corrected chi connectivity index (χ2v) is 6.78. The molecule has 108 valence electrons. The van der Waals surface area contributed by atoms with Crippen LogP contribution in [0.1, 0.15) is 20.3 Å². The number of aliphatic hydroxyl groups is 1. The lowest BCUT2D eigenvalue weighted by molar-refractivity contribution is 0.161. The van der Waals surface area contributed by atoms with E-state index in [1.165, 1.54) is 19.2 Å². The van der Waals surface area contributed by atoms with Gasteiger partial charge in [0.15, 0.2) is 0 Å². The van der Waals surface area contributed by atoms with Crippen LogP contribution in [0.4, 0.5) is 5.69 Å². The monoisotopic (exact) mass is 286 g/mol. The molecule has 1 aromatic rings. The van der Waals surface area contributed by atoms with Gasteiger partial charge in [0.25, 0.3) is 0 Å². The van der Waals surface area contributed by atoms with E-state index in [1.807, 2.05) is 0 Å². The minimum Gasteiger partial charge on any atom is -0.391 e. The zero-order valence-corrected chi connectivity index (χ0v) is 12.4. The Morgan fingerprint density at radius 1 is 1.21 bits per heavy atom. The van der Waals surface area contributed by atoms with E-state index in [4.69, 9.17) is 0 Å². The maximum absolute atomic E-state index is 11.5. The molecule has 5 nitrogen and oxygen atoms in total. The normalized spacial score (nSPS) is 13.5. The van der Waals surface area contributed by atoms with Crippen molar-refractivity contribution >= 4 is 15.7 Å². The van der Waals surface area contributed by atoms with Crippen molar-refractivity contribution in [3.63, 3.8) is 0 Å². The Bertz CT molecular complexity index is 483. The van der Waals surface area contributed by atoms with Gasteiger partial charge >= 0.3 is 0 Å². The highest BCUT2D eigenvalue weighted by atomic mass is 32.2. The SMILES string of the molecule is CNS(=O)(=O)c1ccc(NCC(O)CC(C)C)cc1. The molecule has 6 heteroatoms. The number of benzene rings is 1. The number of nitrogens with one attached hydrogen (secondary N) is 2. The number of rotatable bonds is 7. The summed E-state index contributed by atoms with van der Waals surface area (Å²) in [5.41, 5.74) is 0.790. The second kappa shape index (κ2) is 6.88. The quantitative estimate of drug-likeness (QED) is 0.708. The van der Waals surface area contributed by atoms with Crippen LogP contribution in [0.15, 0.2) is 29.2 Å². The highest BCUT2D eigenvalue weighted by Crippen LogP contribution is 2.14. The standard InChI is InChI=1S/C13H22N2O3S/c1-10(2)8-12(16)9-15-11-4-6-13(7-5-11)19(17,18)14-3/h4-7,10,12,14-16H,8-9H2,1-3H3. The number of sulfonamides is 1. The van der Waals surface area contributed by atoms with Gasteiger partial charge in [-0.3, -0.25) is 0 Å².